The number of carbonyl (C=O) groups is 2. The van der Waals surface area contributed by atoms with E-state index in [1.54, 1.807) is 20.0 Å². The highest BCUT2D eigenvalue weighted by molar-refractivity contribution is 5.90. The number of anilines is 4. The lowest BCUT2D eigenvalue weighted by Crippen LogP contribution is -2.32. The van der Waals surface area contributed by atoms with Crippen LogP contribution in [0.4, 0.5) is 23.1 Å². The van der Waals surface area contributed by atoms with E-state index in [1.165, 1.54) is 0 Å². The number of pyridine rings is 1. The summed E-state index contributed by atoms with van der Waals surface area (Å²) in [6.07, 6.45) is 2.12. The second-order valence-corrected chi connectivity index (χ2v) is 7.80. The molecule has 2 heterocycles. The molecule has 0 radical (unpaired) electrons. The molecule has 0 aliphatic carbocycles. The molecule has 6 N–H and O–H groups in total. The molecule has 0 fully saturated rings. The van der Waals surface area contributed by atoms with Crippen molar-refractivity contribution in [3.8, 4) is 0 Å². The largest absolute Gasteiger partial charge is 0.466 e. The summed E-state index contributed by atoms with van der Waals surface area (Å²) < 4.78 is 10.1. The molecule has 0 saturated heterocycles. The van der Waals surface area contributed by atoms with Crippen LogP contribution in [-0.4, -0.2) is 46.1 Å². The van der Waals surface area contributed by atoms with Crippen molar-refractivity contribution >= 4 is 46.1 Å². The van der Waals surface area contributed by atoms with Gasteiger partial charge in [-0.3, -0.25) is 4.79 Å². The van der Waals surface area contributed by atoms with Crippen LogP contribution in [0.25, 0.3) is 11.0 Å². The van der Waals surface area contributed by atoms with Crippen molar-refractivity contribution in [2.75, 3.05) is 35.3 Å². The number of ether oxygens (including phenoxy) is 2. The average Bonchev–Trinajstić information content (AvgIpc) is 2.82. The Morgan fingerprint density at radius 3 is 2.40 bits per heavy atom. The molecule has 0 unspecified atom stereocenters. The van der Waals surface area contributed by atoms with Crippen molar-refractivity contribution in [1.29, 1.82) is 0 Å². The van der Waals surface area contributed by atoms with Gasteiger partial charge in [0, 0.05) is 30.5 Å². The molecular weight excluding hydrogens is 450 g/mol. The van der Waals surface area contributed by atoms with Crippen molar-refractivity contribution in [3.05, 3.63) is 41.6 Å². The van der Waals surface area contributed by atoms with E-state index in [4.69, 9.17) is 20.9 Å². The minimum atomic E-state index is -0.661. The first-order chi connectivity index (χ1) is 16.8. The fourth-order valence-corrected chi connectivity index (χ4v) is 3.58. The Labute approximate surface area is 203 Å². The van der Waals surface area contributed by atoms with Crippen LogP contribution in [0.2, 0.25) is 0 Å². The summed E-state index contributed by atoms with van der Waals surface area (Å²) in [5.74, 6) is -0.372. The number of fused-ring (bicyclic) bond motifs is 1. The first-order valence-corrected chi connectivity index (χ1v) is 11.4. The van der Waals surface area contributed by atoms with Gasteiger partial charge in [-0.05, 0) is 62.6 Å². The summed E-state index contributed by atoms with van der Waals surface area (Å²) in [5, 5.41) is 7.18. The molecule has 0 aliphatic heterocycles. The van der Waals surface area contributed by atoms with Gasteiger partial charge in [0.1, 0.15) is 11.9 Å². The van der Waals surface area contributed by atoms with Crippen molar-refractivity contribution in [1.82, 2.24) is 15.0 Å². The van der Waals surface area contributed by atoms with Crippen molar-refractivity contribution in [3.63, 3.8) is 0 Å². The molecule has 0 aliphatic rings. The molecule has 11 heteroatoms. The monoisotopic (exact) mass is 481 g/mol. The van der Waals surface area contributed by atoms with Crippen LogP contribution in [0.5, 0.6) is 0 Å². The van der Waals surface area contributed by atoms with E-state index in [1.807, 2.05) is 31.2 Å². The number of hydrogen-bond donors (Lipinski definition) is 4. The maximum absolute atomic E-state index is 12.3. The highest BCUT2D eigenvalue weighted by Crippen LogP contribution is 2.24. The Kier molecular flexibility index (Phi) is 8.60. The normalized spacial score (nSPS) is 11.6. The maximum atomic E-state index is 12.3. The third kappa shape index (κ3) is 6.69. The van der Waals surface area contributed by atoms with Crippen LogP contribution in [0.1, 0.15) is 37.8 Å². The molecule has 0 bridgehead atoms. The van der Waals surface area contributed by atoms with Gasteiger partial charge in [-0.25, -0.2) is 9.78 Å². The number of hydrogen-bond acceptors (Lipinski definition) is 11. The van der Waals surface area contributed by atoms with Gasteiger partial charge in [-0.1, -0.05) is 0 Å². The molecule has 186 valence electrons. The van der Waals surface area contributed by atoms with Gasteiger partial charge in [0.25, 0.3) is 0 Å². The topological polar surface area (TPSA) is 167 Å². The van der Waals surface area contributed by atoms with E-state index in [-0.39, 0.29) is 31.4 Å². The number of nitrogen functional groups attached to an aromatic ring is 2. The number of benzene rings is 1. The standard InChI is InChI=1S/C24H31N7O4/c1-4-34-19(32)11-10-18(23(33)35-5-2)29-17-8-6-16(7-9-17)27-12-15-13-28-22-20(14(15)3)21(25)30-24(26)31-22/h6-9,13,18,27,29H,4-5,10-12H2,1-3H3,(H4,25,26,28,30,31)/t18-/m0/s1. The lowest BCUT2D eigenvalue weighted by molar-refractivity contribution is -0.145. The first-order valence-electron chi connectivity index (χ1n) is 11.4. The van der Waals surface area contributed by atoms with Gasteiger partial charge in [-0.2, -0.15) is 9.97 Å². The third-order valence-electron chi connectivity index (χ3n) is 5.36. The second kappa shape index (κ2) is 11.8. The molecule has 2 aromatic heterocycles. The van der Waals surface area contributed by atoms with Crippen LogP contribution >= 0.6 is 0 Å². The molecule has 3 aromatic rings. The van der Waals surface area contributed by atoms with E-state index in [9.17, 15) is 9.59 Å². The molecule has 1 atom stereocenters. The summed E-state index contributed by atoms with van der Waals surface area (Å²) in [4.78, 5) is 36.6. The third-order valence-corrected chi connectivity index (χ3v) is 5.36. The zero-order valence-electron chi connectivity index (χ0n) is 20.1. The Balaban J connectivity index is 1.65. The molecule has 0 spiro atoms. The lowest BCUT2D eigenvalue weighted by Gasteiger charge is -2.18. The van der Waals surface area contributed by atoms with Crippen molar-refractivity contribution in [2.45, 2.75) is 46.2 Å². The van der Waals surface area contributed by atoms with E-state index in [2.05, 4.69) is 25.6 Å². The molecule has 0 saturated carbocycles. The van der Waals surface area contributed by atoms with Gasteiger partial charge in [-0.15, -0.1) is 0 Å². The number of carbonyl (C=O) groups excluding carboxylic acids is 2. The zero-order valence-corrected chi connectivity index (χ0v) is 20.1. The van der Waals surface area contributed by atoms with Crippen LogP contribution in [0, 0.1) is 6.92 Å². The van der Waals surface area contributed by atoms with E-state index in [0.29, 0.717) is 30.0 Å². The van der Waals surface area contributed by atoms with Gasteiger partial charge in [0.05, 0.1) is 18.6 Å². The average molecular weight is 482 g/mol. The minimum Gasteiger partial charge on any atom is -0.466 e. The van der Waals surface area contributed by atoms with Crippen LogP contribution in [-0.2, 0) is 25.6 Å². The van der Waals surface area contributed by atoms with Crippen molar-refractivity contribution < 1.29 is 19.1 Å². The summed E-state index contributed by atoms with van der Waals surface area (Å²) in [5.41, 5.74) is 15.6. The van der Waals surface area contributed by atoms with Crippen LogP contribution in [0.3, 0.4) is 0 Å². The second-order valence-electron chi connectivity index (χ2n) is 7.80. The summed E-state index contributed by atoms with van der Waals surface area (Å²) in [7, 11) is 0. The SMILES string of the molecule is CCOC(=O)CC[C@H](Nc1ccc(NCc2cnc3nc(N)nc(N)c3c2C)cc1)C(=O)OCC. The summed E-state index contributed by atoms with van der Waals surface area (Å²) in [6.45, 7) is 6.49. The fourth-order valence-electron chi connectivity index (χ4n) is 3.58. The van der Waals surface area contributed by atoms with E-state index >= 15 is 0 Å². The summed E-state index contributed by atoms with van der Waals surface area (Å²) >= 11 is 0. The zero-order chi connectivity index (χ0) is 25.4. The Bertz CT molecular complexity index is 1180. The van der Waals surface area contributed by atoms with Gasteiger partial charge in [0.2, 0.25) is 5.95 Å². The fraction of sp³-hybridized carbons (Fsp3) is 0.375. The van der Waals surface area contributed by atoms with E-state index in [0.717, 1.165) is 22.5 Å². The highest BCUT2D eigenvalue weighted by atomic mass is 16.5. The quantitative estimate of drug-likeness (QED) is 0.297. The number of nitrogens with zero attached hydrogens (tertiary/aromatic N) is 3. The number of esters is 2. The number of nitrogens with two attached hydrogens (primary N) is 2. The minimum absolute atomic E-state index is 0.0903. The molecule has 3 rings (SSSR count). The predicted molar refractivity (Wildman–Crippen MR) is 135 cm³/mol. The Hall–Kier alpha value is -4.15. The highest BCUT2D eigenvalue weighted by Gasteiger charge is 2.21. The van der Waals surface area contributed by atoms with Gasteiger partial charge < -0.3 is 31.6 Å². The number of aromatic nitrogens is 3. The molecule has 11 nitrogen and oxygen atoms in total. The summed E-state index contributed by atoms with van der Waals surface area (Å²) in [6, 6.07) is 6.81. The van der Waals surface area contributed by atoms with Gasteiger partial charge >= 0.3 is 11.9 Å². The molecular formula is C24H31N7O4. The smallest absolute Gasteiger partial charge is 0.328 e. The molecule has 0 amide bonds. The Morgan fingerprint density at radius 1 is 1.03 bits per heavy atom. The number of rotatable bonds is 11. The molecule has 1 aromatic carbocycles. The van der Waals surface area contributed by atoms with Crippen LogP contribution in [0.15, 0.2) is 30.5 Å². The lowest BCUT2D eigenvalue weighted by atomic mass is 10.1. The first kappa shape index (κ1) is 25.5. The maximum Gasteiger partial charge on any atom is 0.328 e. The number of aryl methyl sites for hydroxylation is 1. The van der Waals surface area contributed by atoms with E-state index < -0.39 is 12.0 Å². The number of nitrogens with one attached hydrogen (secondary N) is 2. The Morgan fingerprint density at radius 2 is 1.71 bits per heavy atom. The molecule has 35 heavy (non-hydrogen) atoms. The van der Waals surface area contributed by atoms with Crippen molar-refractivity contribution in [2.24, 2.45) is 0 Å². The van der Waals surface area contributed by atoms with Gasteiger partial charge in [0.15, 0.2) is 5.65 Å². The van der Waals surface area contributed by atoms with Crippen LogP contribution < -0.4 is 22.1 Å². The predicted octanol–water partition coefficient (Wildman–Crippen LogP) is 2.80.